The summed E-state index contributed by atoms with van der Waals surface area (Å²) in [7, 11) is 0. The van der Waals surface area contributed by atoms with E-state index >= 15 is 0 Å². The minimum absolute atomic E-state index is 0.141. The fourth-order valence-electron chi connectivity index (χ4n) is 1.72. The van der Waals surface area contributed by atoms with Gasteiger partial charge in [-0.1, -0.05) is 27.5 Å². The van der Waals surface area contributed by atoms with Crippen LogP contribution in [-0.4, -0.2) is 6.61 Å². The SMILES string of the molecule is FC(F)Oc1ccc(Br)cc1CNc1ccc(I)cc1Cl. The third-order valence-corrected chi connectivity index (χ3v) is 4.12. The Morgan fingerprint density at radius 3 is 2.67 bits per heavy atom. The Morgan fingerprint density at radius 2 is 2.00 bits per heavy atom. The van der Waals surface area contributed by atoms with Gasteiger partial charge < -0.3 is 10.1 Å². The van der Waals surface area contributed by atoms with Crippen molar-refractivity contribution < 1.29 is 13.5 Å². The van der Waals surface area contributed by atoms with E-state index in [2.05, 4.69) is 48.6 Å². The lowest BCUT2D eigenvalue weighted by Gasteiger charge is -2.13. The molecule has 0 aromatic heterocycles. The summed E-state index contributed by atoms with van der Waals surface area (Å²) in [4.78, 5) is 0. The molecule has 21 heavy (non-hydrogen) atoms. The first-order valence-electron chi connectivity index (χ1n) is 5.88. The van der Waals surface area contributed by atoms with Crippen LogP contribution in [0.25, 0.3) is 0 Å². The largest absolute Gasteiger partial charge is 0.434 e. The number of alkyl halides is 2. The monoisotopic (exact) mass is 487 g/mol. The van der Waals surface area contributed by atoms with Crippen molar-refractivity contribution in [3.63, 3.8) is 0 Å². The van der Waals surface area contributed by atoms with Crippen LogP contribution in [-0.2, 0) is 6.54 Å². The summed E-state index contributed by atoms with van der Waals surface area (Å²) in [6.07, 6.45) is 0. The van der Waals surface area contributed by atoms with E-state index in [4.69, 9.17) is 11.6 Å². The molecule has 0 bridgehead atoms. The van der Waals surface area contributed by atoms with E-state index in [1.54, 1.807) is 12.1 Å². The van der Waals surface area contributed by atoms with Crippen LogP contribution in [0.1, 0.15) is 5.56 Å². The molecule has 0 atom stereocenters. The zero-order valence-electron chi connectivity index (χ0n) is 10.5. The Bertz CT molecular complexity index is 642. The molecule has 0 saturated carbocycles. The number of hydrogen-bond donors (Lipinski definition) is 1. The van der Waals surface area contributed by atoms with E-state index in [0.717, 1.165) is 13.7 Å². The summed E-state index contributed by atoms with van der Waals surface area (Å²) in [6, 6.07) is 10.5. The van der Waals surface area contributed by atoms with E-state index in [0.29, 0.717) is 17.1 Å². The van der Waals surface area contributed by atoms with Crippen molar-refractivity contribution in [1.29, 1.82) is 0 Å². The van der Waals surface area contributed by atoms with Gasteiger partial charge >= 0.3 is 6.61 Å². The molecule has 112 valence electrons. The quantitative estimate of drug-likeness (QED) is 0.528. The first-order valence-corrected chi connectivity index (χ1v) is 8.13. The Hall–Kier alpha value is -0.600. The third-order valence-electron chi connectivity index (χ3n) is 2.64. The van der Waals surface area contributed by atoms with Crippen LogP contribution in [0.5, 0.6) is 5.75 Å². The topological polar surface area (TPSA) is 21.3 Å². The van der Waals surface area contributed by atoms with Crippen LogP contribution in [0, 0.1) is 3.57 Å². The van der Waals surface area contributed by atoms with Crippen molar-refractivity contribution in [1.82, 2.24) is 0 Å². The second kappa shape index (κ2) is 7.60. The highest BCUT2D eigenvalue weighted by Gasteiger charge is 2.10. The molecule has 0 fully saturated rings. The molecule has 0 spiro atoms. The van der Waals surface area contributed by atoms with Crippen molar-refractivity contribution >= 4 is 55.8 Å². The van der Waals surface area contributed by atoms with Crippen LogP contribution in [0.2, 0.25) is 5.02 Å². The molecule has 2 aromatic rings. The van der Waals surface area contributed by atoms with Crippen molar-refractivity contribution in [2.24, 2.45) is 0 Å². The first kappa shape index (κ1) is 16.8. The van der Waals surface area contributed by atoms with Gasteiger partial charge in [-0.05, 0) is 59.0 Å². The van der Waals surface area contributed by atoms with E-state index in [1.807, 2.05) is 18.2 Å². The second-order valence-corrected chi connectivity index (χ2v) is 6.68. The molecule has 1 N–H and O–H groups in total. The van der Waals surface area contributed by atoms with Gasteiger partial charge in [0.15, 0.2) is 0 Å². The first-order chi connectivity index (χ1) is 9.95. The van der Waals surface area contributed by atoms with E-state index < -0.39 is 6.61 Å². The van der Waals surface area contributed by atoms with Gasteiger partial charge in [-0.3, -0.25) is 0 Å². The van der Waals surface area contributed by atoms with Gasteiger partial charge in [0.05, 0.1) is 10.7 Å². The number of anilines is 1. The highest BCUT2D eigenvalue weighted by molar-refractivity contribution is 14.1. The average Bonchev–Trinajstić information content (AvgIpc) is 2.40. The Labute approximate surface area is 148 Å². The molecule has 0 aliphatic rings. The lowest BCUT2D eigenvalue weighted by molar-refractivity contribution is -0.0504. The fraction of sp³-hybridized carbons (Fsp3) is 0.143. The summed E-state index contributed by atoms with van der Waals surface area (Å²) in [5.74, 6) is 0.141. The van der Waals surface area contributed by atoms with Gasteiger partial charge in [0.2, 0.25) is 0 Å². The van der Waals surface area contributed by atoms with Gasteiger partial charge in [-0.15, -0.1) is 0 Å². The number of hydrogen-bond acceptors (Lipinski definition) is 2. The van der Waals surface area contributed by atoms with Gasteiger partial charge in [0.25, 0.3) is 0 Å². The molecule has 0 amide bonds. The number of nitrogens with one attached hydrogen (secondary N) is 1. The van der Waals surface area contributed by atoms with E-state index in [1.165, 1.54) is 6.07 Å². The van der Waals surface area contributed by atoms with Crippen LogP contribution in [0.4, 0.5) is 14.5 Å². The smallest absolute Gasteiger partial charge is 0.387 e. The second-order valence-electron chi connectivity index (χ2n) is 4.11. The van der Waals surface area contributed by atoms with Crippen molar-refractivity contribution in [3.05, 3.63) is 55.0 Å². The number of rotatable bonds is 5. The number of benzene rings is 2. The van der Waals surface area contributed by atoms with Gasteiger partial charge in [0, 0.05) is 20.2 Å². The van der Waals surface area contributed by atoms with Crippen molar-refractivity contribution in [3.8, 4) is 5.75 Å². The highest BCUT2D eigenvalue weighted by Crippen LogP contribution is 2.28. The maximum Gasteiger partial charge on any atom is 0.387 e. The zero-order chi connectivity index (χ0) is 15.4. The average molecular weight is 488 g/mol. The molecule has 0 saturated heterocycles. The third kappa shape index (κ3) is 4.96. The standard InChI is InChI=1S/C14H10BrClF2INO/c15-9-1-4-13(21-14(17)18)8(5-9)7-20-12-3-2-10(19)6-11(12)16/h1-6,14,20H,7H2. The summed E-state index contributed by atoms with van der Waals surface area (Å²) >= 11 is 11.6. The predicted octanol–water partition coefficient (Wildman–Crippen LogP) is 5.92. The lowest BCUT2D eigenvalue weighted by atomic mass is 10.2. The number of ether oxygens (including phenoxy) is 1. The molecular formula is C14H10BrClF2INO. The summed E-state index contributed by atoms with van der Waals surface area (Å²) < 4.78 is 31.1. The molecule has 0 unspecified atom stereocenters. The van der Waals surface area contributed by atoms with Gasteiger partial charge in [-0.25, -0.2) is 0 Å². The van der Waals surface area contributed by atoms with Crippen LogP contribution in [0.3, 0.4) is 0 Å². The van der Waals surface area contributed by atoms with Crippen LogP contribution < -0.4 is 10.1 Å². The molecule has 0 radical (unpaired) electrons. The normalized spacial score (nSPS) is 10.8. The molecule has 0 aliphatic carbocycles. The van der Waals surface area contributed by atoms with Crippen molar-refractivity contribution in [2.75, 3.05) is 5.32 Å². The molecule has 2 rings (SSSR count). The lowest BCUT2D eigenvalue weighted by Crippen LogP contribution is -2.07. The Morgan fingerprint density at radius 1 is 1.24 bits per heavy atom. The maximum absolute atomic E-state index is 12.4. The maximum atomic E-state index is 12.4. The van der Waals surface area contributed by atoms with Crippen LogP contribution in [0.15, 0.2) is 40.9 Å². The minimum Gasteiger partial charge on any atom is -0.434 e. The summed E-state index contributed by atoms with van der Waals surface area (Å²) in [6.45, 7) is -2.53. The number of halogens is 5. The molecule has 7 heteroatoms. The predicted molar refractivity (Wildman–Crippen MR) is 92.3 cm³/mol. The Kier molecular flexibility index (Phi) is 6.07. The molecule has 2 aromatic carbocycles. The summed E-state index contributed by atoms with van der Waals surface area (Å²) in [5.41, 5.74) is 1.35. The zero-order valence-corrected chi connectivity index (χ0v) is 15.0. The Balaban J connectivity index is 2.16. The minimum atomic E-state index is -2.85. The van der Waals surface area contributed by atoms with E-state index in [9.17, 15) is 8.78 Å². The highest BCUT2D eigenvalue weighted by atomic mass is 127. The van der Waals surface area contributed by atoms with Gasteiger partial charge in [0.1, 0.15) is 5.75 Å². The van der Waals surface area contributed by atoms with Crippen LogP contribution >= 0.6 is 50.1 Å². The fourth-order valence-corrected chi connectivity index (χ4v) is 3.05. The molecule has 2 nitrogen and oxygen atoms in total. The molecule has 0 aliphatic heterocycles. The van der Waals surface area contributed by atoms with Gasteiger partial charge in [-0.2, -0.15) is 8.78 Å². The van der Waals surface area contributed by atoms with Crippen molar-refractivity contribution in [2.45, 2.75) is 13.2 Å². The summed E-state index contributed by atoms with van der Waals surface area (Å²) in [5, 5.41) is 3.69. The molecule has 0 heterocycles. The van der Waals surface area contributed by atoms with E-state index in [-0.39, 0.29) is 5.75 Å². The molecular weight excluding hydrogens is 478 g/mol.